The number of sulfonamides is 1. The van der Waals surface area contributed by atoms with Gasteiger partial charge in [-0.3, -0.25) is 9.59 Å². The molecule has 12 nitrogen and oxygen atoms in total. The van der Waals surface area contributed by atoms with Crippen molar-refractivity contribution in [2.24, 2.45) is 22.7 Å². The lowest BCUT2D eigenvalue weighted by atomic mass is 9.46. The minimum Gasteiger partial charge on any atom is -0.465 e. The molecule has 0 radical (unpaired) electrons. The second kappa shape index (κ2) is 13.5. The van der Waals surface area contributed by atoms with Crippen molar-refractivity contribution in [3.05, 3.63) is 66.5 Å². The van der Waals surface area contributed by atoms with Crippen LogP contribution in [0.1, 0.15) is 59.8 Å². The molecule has 5 rings (SSSR count). The van der Waals surface area contributed by atoms with Crippen LogP contribution in [0, 0.1) is 22.7 Å². The average Bonchev–Trinajstić information content (AvgIpc) is 3.45. The van der Waals surface area contributed by atoms with E-state index < -0.39 is 39.5 Å². The summed E-state index contributed by atoms with van der Waals surface area (Å²) in [5.41, 5.74) is 1.25. The predicted molar refractivity (Wildman–Crippen MR) is 173 cm³/mol. The molecule has 2 aliphatic carbocycles. The Bertz CT molecular complexity index is 1660. The van der Waals surface area contributed by atoms with Gasteiger partial charge in [0, 0.05) is 37.3 Å². The summed E-state index contributed by atoms with van der Waals surface area (Å²) < 4.78 is 44.9. The van der Waals surface area contributed by atoms with Crippen LogP contribution in [0.2, 0.25) is 0 Å². The van der Waals surface area contributed by atoms with Crippen LogP contribution in [0.15, 0.2) is 71.4 Å². The second-order valence-electron chi connectivity index (χ2n) is 13.1. The third-order valence-corrected chi connectivity index (χ3v) is 11.5. The summed E-state index contributed by atoms with van der Waals surface area (Å²) >= 11 is 0. The van der Waals surface area contributed by atoms with Crippen molar-refractivity contribution >= 4 is 39.6 Å². The van der Waals surface area contributed by atoms with Crippen molar-refractivity contribution in [1.82, 2.24) is 9.97 Å². The first-order valence-corrected chi connectivity index (χ1v) is 17.2. The number of fused-ring (bicyclic) bond motifs is 1. The van der Waals surface area contributed by atoms with Gasteiger partial charge in [-0.05, 0) is 85.8 Å². The number of esters is 3. The van der Waals surface area contributed by atoms with Gasteiger partial charge >= 0.3 is 17.9 Å². The predicted octanol–water partition coefficient (Wildman–Crippen LogP) is 4.81. The van der Waals surface area contributed by atoms with E-state index in [9.17, 15) is 22.8 Å². The zero-order valence-electron chi connectivity index (χ0n) is 27.2. The van der Waals surface area contributed by atoms with Crippen LogP contribution in [0.25, 0.3) is 0 Å². The van der Waals surface area contributed by atoms with Crippen LogP contribution >= 0.6 is 0 Å². The summed E-state index contributed by atoms with van der Waals surface area (Å²) in [6, 6.07) is 7.36. The molecule has 0 bridgehead atoms. The molecule has 13 heteroatoms. The number of hydrogen-bond acceptors (Lipinski definition) is 11. The van der Waals surface area contributed by atoms with E-state index >= 15 is 0 Å². The highest BCUT2D eigenvalue weighted by molar-refractivity contribution is 7.92. The fourth-order valence-corrected chi connectivity index (χ4v) is 8.83. The average molecular weight is 667 g/mol. The van der Waals surface area contributed by atoms with Gasteiger partial charge in [0.05, 0.1) is 16.5 Å². The third kappa shape index (κ3) is 7.19. The SMILES string of the molecule is C=C1CC[C@@H]2[C@](C)(COC(C)=O)[C@H](OC(C)=O)CC[C@@]2(C)[C@H]1CC(Nc1ccc(S(=O)(=O)Nc2ncccn2)cc1)C1=CCOC1=O. The molecule has 0 spiro atoms. The Morgan fingerprint density at radius 1 is 1.11 bits per heavy atom. The number of allylic oxidation sites excluding steroid dienone is 1. The molecule has 1 aliphatic heterocycles. The molecule has 1 aromatic carbocycles. The van der Waals surface area contributed by atoms with Gasteiger partial charge in [-0.2, -0.15) is 0 Å². The van der Waals surface area contributed by atoms with E-state index in [1.54, 1.807) is 24.3 Å². The van der Waals surface area contributed by atoms with Crippen molar-refractivity contribution in [3.8, 4) is 0 Å². The second-order valence-corrected chi connectivity index (χ2v) is 14.8. The van der Waals surface area contributed by atoms with Gasteiger partial charge in [0.2, 0.25) is 5.95 Å². The lowest BCUT2D eigenvalue weighted by molar-refractivity contribution is -0.191. The maximum atomic E-state index is 12.9. The van der Waals surface area contributed by atoms with Crippen LogP contribution in [-0.4, -0.2) is 61.7 Å². The van der Waals surface area contributed by atoms with Crippen molar-refractivity contribution in [3.63, 3.8) is 0 Å². The molecule has 2 fully saturated rings. The van der Waals surface area contributed by atoms with Crippen LogP contribution in [0.4, 0.5) is 11.6 Å². The first-order valence-electron chi connectivity index (χ1n) is 15.7. The maximum Gasteiger partial charge on any atom is 0.336 e. The van der Waals surface area contributed by atoms with Gasteiger partial charge in [-0.15, -0.1) is 0 Å². The van der Waals surface area contributed by atoms with Gasteiger partial charge < -0.3 is 19.5 Å². The molecule has 0 amide bonds. The van der Waals surface area contributed by atoms with Crippen LogP contribution < -0.4 is 10.0 Å². The Hall–Kier alpha value is -4.26. The van der Waals surface area contributed by atoms with Crippen molar-refractivity contribution in [1.29, 1.82) is 0 Å². The molecule has 6 atom stereocenters. The molecule has 1 aromatic heterocycles. The van der Waals surface area contributed by atoms with E-state index in [2.05, 4.69) is 33.5 Å². The smallest absolute Gasteiger partial charge is 0.336 e. The Labute approximate surface area is 275 Å². The standard InChI is InChI=1S/C34H42N4O8S/c1-21-7-12-29-33(4,15-13-30(46-23(3)40)34(29,5)20-45-22(2)39)27(21)19-28(26-14-18-44-31(26)41)37-24-8-10-25(11-9-24)47(42,43)38-32-35-16-6-17-36-32/h6,8-11,14,16-17,27-30,37H,1,7,12-13,15,18-20H2,2-5H3,(H,35,36,38)/t27-,28?,29-,30+,33-,34-/m0/s1. The number of cyclic esters (lactones) is 1. The zero-order chi connectivity index (χ0) is 34.0. The Balaban J connectivity index is 1.42. The monoisotopic (exact) mass is 666 g/mol. The summed E-state index contributed by atoms with van der Waals surface area (Å²) in [4.78, 5) is 44.8. The molecule has 2 heterocycles. The van der Waals surface area contributed by atoms with E-state index in [0.29, 0.717) is 24.1 Å². The number of carbonyl (C=O) groups excluding carboxylic acids is 3. The number of nitrogens with zero attached hydrogens (tertiary/aromatic N) is 2. The number of ether oxygens (including phenoxy) is 3. The summed E-state index contributed by atoms with van der Waals surface area (Å²) in [6.45, 7) is 11.8. The van der Waals surface area contributed by atoms with Crippen molar-refractivity contribution in [2.75, 3.05) is 23.3 Å². The lowest BCUT2D eigenvalue weighted by Crippen LogP contribution is -2.59. The van der Waals surface area contributed by atoms with Crippen molar-refractivity contribution < 1.29 is 37.0 Å². The molecule has 2 saturated carbocycles. The number of benzene rings is 1. The molecule has 2 aromatic rings. The minimum atomic E-state index is -3.93. The third-order valence-electron chi connectivity index (χ3n) is 10.1. The van der Waals surface area contributed by atoms with E-state index in [1.807, 2.05) is 6.92 Å². The quantitative estimate of drug-likeness (QED) is 0.192. The molecule has 1 unspecified atom stereocenters. The number of carbonyl (C=O) groups is 3. The van der Waals surface area contributed by atoms with E-state index in [1.165, 1.54) is 38.4 Å². The Kier molecular flexibility index (Phi) is 9.76. The van der Waals surface area contributed by atoms with E-state index in [4.69, 9.17) is 14.2 Å². The molecule has 252 valence electrons. The summed E-state index contributed by atoms with van der Waals surface area (Å²) in [6.07, 6.45) is 7.62. The molecular weight excluding hydrogens is 624 g/mol. The topological polar surface area (TPSA) is 163 Å². The summed E-state index contributed by atoms with van der Waals surface area (Å²) in [7, 11) is -3.93. The molecular formula is C34H42N4O8S. The molecule has 0 saturated heterocycles. The molecule has 47 heavy (non-hydrogen) atoms. The highest BCUT2D eigenvalue weighted by Gasteiger charge is 2.60. The first-order chi connectivity index (χ1) is 22.2. The zero-order valence-corrected chi connectivity index (χ0v) is 28.0. The van der Waals surface area contributed by atoms with E-state index in [-0.39, 0.29) is 47.3 Å². The van der Waals surface area contributed by atoms with Gasteiger partial charge in [-0.1, -0.05) is 26.0 Å². The number of rotatable bonds is 11. The summed E-state index contributed by atoms with van der Waals surface area (Å²) in [5.74, 6) is -1.22. The van der Waals surface area contributed by atoms with Gasteiger partial charge in [0.1, 0.15) is 19.3 Å². The minimum absolute atomic E-state index is 0.0266. The highest BCUT2D eigenvalue weighted by Crippen LogP contribution is 2.62. The largest absolute Gasteiger partial charge is 0.465 e. The van der Waals surface area contributed by atoms with Crippen LogP contribution in [0.3, 0.4) is 0 Å². The normalized spacial score (nSPS) is 27.9. The van der Waals surface area contributed by atoms with Crippen LogP contribution in [0.5, 0.6) is 0 Å². The Morgan fingerprint density at radius 3 is 2.43 bits per heavy atom. The summed E-state index contributed by atoms with van der Waals surface area (Å²) in [5, 5.41) is 3.47. The first kappa shape index (κ1) is 34.1. The lowest BCUT2D eigenvalue weighted by Gasteiger charge is -2.60. The maximum absolute atomic E-state index is 12.9. The van der Waals surface area contributed by atoms with Crippen molar-refractivity contribution in [2.45, 2.75) is 76.8 Å². The number of anilines is 2. The molecule has 2 N–H and O–H groups in total. The number of nitrogens with one attached hydrogen (secondary N) is 2. The number of aromatic nitrogens is 2. The van der Waals surface area contributed by atoms with Gasteiger partial charge in [0.15, 0.2) is 0 Å². The Morgan fingerprint density at radius 2 is 1.81 bits per heavy atom. The van der Waals surface area contributed by atoms with Crippen LogP contribution in [-0.2, 0) is 38.6 Å². The molecule has 3 aliphatic rings. The van der Waals surface area contributed by atoms with E-state index in [0.717, 1.165) is 24.8 Å². The van der Waals surface area contributed by atoms with Gasteiger partial charge in [-0.25, -0.2) is 27.9 Å². The van der Waals surface area contributed by atoms with Gasteiger partial charge in [0.25, 0.3) is 10.0 Å². The number of hydrogen-bond donors (Lipinski definition) is 2. The highest BCUT2D eigenvalue weighted by atomic mass is 32.2. The fraction of sp³-hybridized carbons (Fsp3) is 0.500. The fourth-order valence-electron chi connectivity index (χ4n) is 7.87.